The summed E-state index contributed by atoms with van der Waals surface area (Å²) in [7, 11) is 0. The van der Waals surface area contributed by atoms with Crippen molar-refractivity contribution in [1.82, 2.24) is 14.8 Å². The molecule has 1 aliphatic rings. The molecule has 0 aliphatic carbocycles. The van der Waals surface area contributed by atoms with Crippen LogP contribution in [0.5, 0.6) is 0 Å². The number of rotatable bonds is 2. The maximum atomic E-state index is 12.0. The summed E-state index contributed by atoms with van der Waals surface area (Å²) >= 11 is 1.67. The molecule has 2 heterocycles. The maximum Gasteiger partial charge on any atom is 0.258 e. The van der Waals surface area contributed by atoms with Gasteiger partial charge in [0.05, 0.1) is 0 Å². The Hall–Kier alpha value is -1.82. The highest BCUT2D eigenvalue weighted by Gasteiger charge is 2.18. The fraction of sp³-hybridized carbons (Fsp3) is 0.250. The van der Waals surface area contributed by atoms with Gasteiger partial charge in [-0.25, -0.2) is 0 Å². The number of carbonyl (C=O) groups excluding carboxylic acids is 1. The predicted octanol–water partition coefficient (Wildman–Crippen LogP) is 2.03. The van der Waals surface area contributed by atoms with Crippen molar-refractivity contribution in [3.63, 3.8) is 0 Å². The van der Waals surface area contributed by atoms with Crippen molar-refractivity contribution in [2.24, 2.45) is 0 Å². The summed E-state index contributed by atoms with van der Waals surface area (Å²) in [5.74, 6) is 1.44. The van der Waals surface area contributed by atoms with Crippen molar-refractivity contribution in [3.8, 4) is 0 Å². The van der Waals surface area contributed by atoms with Crippen LogP contribution in [0.3, 0.4) is 0 Å². The van der Waals surface area contributed by atoms with E-state index in [-0.39, 0.29) is 5.91 Å². The summed E-state index contributed by atoms with van der Waals surface area (Å²) in [4.78, 5) is 12.0. The Morgan fingerprint density at radius 2 is 2.11 bits per heavy atom. The Morgan fingerprint density at radius 1 is 1.28 bits per heavy atom. The highest BCUT2D eigenvalue weighted by Crippen LogP contribution is 2.25. The van der Waals surface area contributed by atoms with E-state index in [1.165, 1.54) is 0 Å². The second-order valence-corrected chi connectivity index (χ2v) is 5.04. The first-order valence-corrected chi connectivity index (χ1v) is 6.75. The predicted molar refractivity (Wildman–Crippen MR) is 69.8 cm³/mol. The number of thioether (sulfide) groups is 1. The molecule has 3 rings (SSSR count). The lowest BCUT2D eigenvalue weighted by Gasteiger charge is -2.14. The lowest BCUT2D eigenvalue weighted by molar-refractivity contribution is 0.102. The molecule has 1 aliphatic heterocycles. The molecule has 0 unspecified atom stereocenters. The highest BCUT2D eigenvalue weighted by molar-refractivity contribution is 7.99. The first-order chi connectivity index (χ1) is 8.84. The molecule has 1 aromatic carbocycles. The molecule has 0 radical (unpaired) electrons. The minimum Gasteiger partial charge on any atom is -0.290 e. The third kappa shape index (κ3) is 2.11. The minimum atomic E-state index is -0.152. The average molecular weight is 260 g/mol. The summed E-state index contributed by atoms with van der Waals surface area (Å²) in [5, 5.41) is 11.8. The Balaban J connectivity index is 1.81. The van der Waals surface area contributed by atoms with Crippen LogP contribution in [0.1, 0.15) is 16.8 Å². The van der Waals surface area contributed by atoms with E-state index in [1.807, 2.05) is 22.8 Å². The lowest BCUT2D eigenvalue weighted by Crippen LogP contribution is -2.17. The van der Waals surface area contributed by atoms with Gasteiger partial charge in [-0.15, -0.1) is 10.2 Å². The monoisotopic (exact) mass is 260 g/mol. The average Bonchev–Trinajstić information content (AvgIpc) is 2.83. The summed E-state index contributed by atoms with van der Waals surface area (Å²) < 4.78 is 1.95. The van der Waals surface area contributed by atoms with Crippen molar-refractivity contribution in [2.75, 3.05) is 11.1 Å². The number of nitrogens with zero attached hydrogens (tertiary/aromatic N) is 3. The third-order valence-corrected chi connectivity index (χ3v) is 3.79. The van der Waals surface area contributed by atoms with E-state index >= 15 is 0 Å². The number of carbonyl (C=O) groups is 1. The standard InChI is InChI=1S/C12H12N4OS/c17-10(9-5-2-1-3-6-9)13-11-14-15-12-16(11)7-4-8-18-12/h1-3,5-6H,4,7-8H2,(H,13,14,17). The largest absolute Gasteiger partial charge is 0.290 e. The summed E-state index contributed by atoms with van der Waals surface area (Å²) in [6.07, 6.45) is 1.07. The molecule has 1 aromatic heterocycles. The van der Waals surface area contributed by atoms with Crippen molar-refractivity contribution in [1.29, 1.82) is 0 Å². The normalized spacial score (nSPS) is 14.0. The topological polar surface area (TPSA) is 59.8 Å². The number of fused-ring (bicyclic) bond motifs is 1. The van der Waals surface area contributed by atoms with Crippen LogP contribution in [0, 0.1) is 0 Å². The minimum absolute atomic E-state index is 0.152. The molecule has 0 fully saturated rings. The Labute approximate surface area is 109 Å². The van der Waals surface area contributed by atoms with Gasteiger partial charge in [-0.2, -0.15) is 0 Å². The van der Waals surface area contributed by atoms with Crippen LogP contribution in [0.15, 0.2) is 35.5 Å². The molecular formula is C12H12N4OS. The highest BCUT2D eigenvalue weighted by atomic mass is 32.2. The summed E-state index contributed by atoms with van der Waals surface area (Å²) in [6.45, 7) is 0.861. The SMILES string of the molecule is O=C(Nc1nnc2n1CCCS2)c1ccccc1. The zero-order valence-corrected chi connectivity index (χ0v) is 10.5. The van der Waals surface area contributed by atoms with Gasteiger partial charge in [0.25, 0.3) is 5.91 Å². The number of aromatic nitrogens is 3. The van der Waals surface area contributed by atoms with Gasteiger partial charge < -0.3 is 0 Å². The van der Waals surface area contributed by atoms with Crippen molar-refractivity contribution >= 4 is 23.6 Å². The first kappa shape index (κ1) is 11.3. The second-order valence-electron chi connectivity index (χ2n) is 3.98. The molecule has 0 saturated carbocycles. The molecule has 0 atom stereocenters. The van der Waals surface area contributed by atoms with Gasteiger partial charge in [-0.05, 0) is 18.6 Å². The van der Waals surface area contributed by atoms with Crippen LogP contribution in [-0.4, -0.2) is 26.4 Å². The molecule has 6 heteroatoms. The molecule has 1 amide bonds. The van der Waals surface area contributed by atoms with Gasteiger partial charge >= 0.3 is 0 Å². The van der Waals surface area contributed by atoms with Crippen LogP contribution in [0.25, 0.3) is 0 Å². The Morgan fingerprint density at radius 3 is 2.94 bits per heavy atom. The van der Waals surface area contributed by atoms with Crippen molar-refractivity contribution < 1.29 is 4.79 Å². The van der Waals surface area contributed by atoms with Crippen LogP contribution >= 0.6 is 11.8 Å². The van der Waals surface area contributed by atoms with Gasteiger partial charge in [0.2, 0.25) is 5.95 Å². The fourth-order valence-corrected chi connectivity index (χ4v) is 2.73. The summed E-state index contributed by atoms with van der Waals surface area (Å²) in [6, 6.07) is 9.11. The molecule has 2 aromatic rings. The molecule has 0 spiro atoms. The van der Waals surface area contributed by atoms with Crippen LogP contribution in [-0.2, 0) is 6.54 Å². The second kappa shape index (κ2) is 4.81. The van der Waals surface area contributed by atoms with E-state index in [0.29, 0.717) is 11.5 Å². The molecule has 92 valence electrons. The number of amides is 1. The van der Waals surface area contributed by atoms with Gasteiger partial charge in [0, 0.05) is 17.9 Å². The molecule has 5 nitrogen and oxygen atoms in total. The molecule has 1 N–H and O–H groups in total. The maximum absolute atomic E-state index is 12.0. The number of benzene rings is 1. The van der Waals surface area contributed by atoms with Gasteiger partial charge in [-0.1, -0.05) is 30.0 Å². The van der Waals surface area contributed by atoms with Crippen LogP contribution in [0.4, 0.5) is 5.95 Å². The number of anilines is 1. The number of hydrogen-bond acceptors (Lipinski definition) is 4. The first-order valence-electron chi connectivity index (χ1n) is 5.77. The molecular weight excluding hydrogens is 248 g/mol. The van der Waals surface area contributed by atoms with Crippen LogP contribution < -0.4 is 5.32 Å². The van der Waals surface area contributed by atoms with Crippen molar-refractivity contribution in [3.05, 3.63) is 35.9 Å². The smallest absolute Gasteiger partial charge is 0.258 e. The number of nitrogens with one attached hydrogen (secondary N) is 1. The van der Waals surface area contributed by atoms with Gasteiger partial charge in [0.1, 0.15) is 0 Å². The third-order valence-electron chi connectivity index (χ3n) is 2.74. The zero-order valence-electron chi connectivity index (χ0n) is 9.67. The van der Waals surface area contributed by atoms with E-state index < -0.39 is 0 Å². The van der Waals surface area contributed by atoms with E-state index in [9.17, 15) is 4.79 Å². The van der Waals surface area contributed by atoms with E-state index in [1.54, 1.807) is 23.9 Å². The fourth-order valence-electron chi connectivity index (χ4n) is 1.84. The van der Waals surface area contributed by atoms with E-state index in [4.69, 9.17) is 0 Å². The zero-order chi connectivity index (χ0) is 12.4. The number of hydrogen-bond donors (Lipinski definition) is 1. The molecule has 0 saturated heterocycles. The Bertz CT molecular complexity index is 567. The lowest BCUT2D eigenvalue weighted by atomic mass is 10.2. The van der Waals surface area contributed by atoms with Crippen molar-refractivity contribution in [2.45, 2.75) is 18.1 Å². The van der Waals surface area contributed by atoms with Crippen LogP contribution in [0.2, 0.25) is 0 Å². The van der Waals surface area contributed by atoms with Gasteiger partial charge in [-0.3, -0.25) is 14.7 Å². The Kier molecular flexibility index (Phi) is 3.02. The quantitative estimate of drug-likeness (QED) is 0.897. The summed E-state index contributed by atoms with van der Waals surface area (Å²) in [5.41, 5.74) is 0.623. The van der Waals surface area contributed by atoms with E-state index in [0.717, 1.165) is 23.9 Å². The molecule has 18 heavy (non-hydrogen) atoms. The van der Waals surface area contributed by atoms with E-state index in [2.05, 4.69) is 15.5 Å². The molecule has 0 bridgehead atoms. The van der Waals surface area contributed by atoms with Gasteiger partial charge in [0.15, 0.2) is 5.16 Å².